The Hall–Kier alpha value is -2.00. The van der Waals surface area contributed by atoms with Crippen molar-refractivity contribution < 1.29 is 14.0 Å². The Morgan fingerprint density at radius 1 is 1.32 bits per heavy atom. The van der Waals surface area contributed by atoms with E-state index in [4.69, 9.17) is 19.7 Å². The molecule has 0 unspecified atom stereocenters. The number of hydrogen-bond acceptors (Lipinski definition) is 8. The monoisotopic (exact) mass is 266 g/mol. The number of aromatic amines is 1. The lowest BCUT2D eigenvalue weighted by Gasteiger charge is -2.32. The molecule has 1 saturated heterocycles. The molecule has 3 heterocycles. The lowest BCUT2D eigenvalue weighted by atomic mass is 9.93. The molecule has 0 aliphatic carbocycles. The van der Waals surface area contributed by atoms with E-state index in [1.807, 2.05) is 0 Å². The van der Waals surface area contributed by atoms with E-state index in [2.05, 4.69) is 25.3 Å². The summed E-state index contributed by atoms with van der Waals surface area (Å²) in [6, 6.07) is 0. The van der Waals surface area contributed by atoms with Crippen LogP contribution in [-0.2, 0) is 15.1 Å². The van der Waals surface area contributed by atoms with Crippen LogP contribution in [0.2, 0.25) is 0 Å². The fourth-order valence-corrected chi connectivity index (χ4v) is 2.10. The van der Waals surface area contributed by atoms with Gasteiger partial charge in [-0.25, -0.2) is 0 Å². The molecular weight excluding hydrogens is 252 g/mol. The highest BCUT2D eigenvalue weighted by molar-refractivity contribution is 5.41. The van der Waals surface area contributed by atoms with E-state index in [1.54, 1.807) is 7.11 Å². The highest BCUT2D eigenvalue weighted by atomic mass is 16.5. The van der Waals surface area contributed by atoms with Gasteiger partial charge in [0.25, 0.3) is 5.89 Å². The van der Waals surface area contributed by atoms with Crippen LogP contribution >= 0.6 is 0 Å². The quantitative estimate of drug-likeness (QED) is 0.800. The van der Waals surface area contributed by atoms with Crippen LogP contribution in [0.5, 0.6) is 0 Å². The lowest BCUT2D eigenvalue weighted by Crippen LogP contribution is -2.36. The van der Waals surface area contributed by atoms with E-state index >= 15 is 0 Å². The normalized spacial score (nSPS) is 18.6. The van der Waals surface area contributed by atoms with E-state index in [9.17, 15) is 0 Å². The number of aromatic nitrogens is 5. The molecule has 0 atom stereocenters. The maximum atomic E-state index is 5.58. The van der Waals surface area contributed by atoms with Gasteiger partial charge in [-0.05, 0) is 0 Å². The number of methoxy groups -OCH3 is 1. The zero-order chi connectivity index (χ0) is 13.3. The highest BCUT2D eigenvalue weighted by Crippen LogP contribution is 2.34. The molecule has 2 aromatic heterocycles. The molecule has 9 nitrogen and oxygen atoms in total. The highest BCUT2D eigenvalue weighted by Gasteiger charge is 2.39. The van der Waals surface area contributed by atoms with Crippen LogP contribution in [0.1, 0.15) is 18.7 Å². The number of rotatable bonds is 3. The Labute approximate surface area is 108 Å². The van der Waals surface area contributed by atoms with E-state index < -0.39 is 5.60 Å². The number of nitrogens with one attached hydrogen (secondary N) is 1. The SMILES string of the molecule is COC1(c2noc(-c3nc(N)n[nH]3)n2)CCOCC1. The van der Waals surface area contributed by atoms with E-state index in [-0.39, 0.29) is 11.8 Å². The number of nitrogens with two attached hydrogens (primary N) is 1. The third-order valence-corrected chi connectivity index (χ3v) is 3.23. The van der Waals surface area contributed by atoms with E-state index in [1.165, 1.54) is 0 Å². The van der Waals surface area contributed by atoms with Crippen molar-refractivity contribution >= 4 is 5.95 Å². The second-order valence-corrected chi connectivity index (χ2v) is 4.28. The van der Waals surface area contributed by atoms with Gasteiger partial charge in [0.1, 0.15) is 5.60 Å². The van der Waals surface area contributed by atoms with Crippen LogP contribution in [0.15, 0.2) is 4.52 Å². The topological polar surface area (TPSA) is 125 Å². The Balaban J connectivity index is 1.91. The number of anilines is 1. The summed E-state index contributed by atoms with van der Waals surface area (Å²) in [7, 11) is 1.63. The van der Waals surface area contributed by atoms with E-state index in [0.717, 1.165) is 0 Å². The van der Waals surface area contributed by atoms with Crippen LogP contribution in [0, 0.1) is 0 Å². The molecule has 0 spiro atoms. The van der Waals surface area contributed by atoms with Gasteiger partial charge in [-0.2, -0.15) is 9.97 Å². The number of H-pyrrole nitrogens is 1. The molecule has 102 valence electrons. The van der Waals surface area contributed by atoms with Crippen LogP contribution < -0.4 is 5.73 Å². The van der Waals surface area contributed by atoms with Gasteiger partial charge >= 0.3 is 0 Å². The molecule has 1 aliphatic rings. The van der Waals surface area contributed by atoms with Gasteiger partial charge in [-0.1, -0.05) is 5.16 Å². The molecular formula is C10H14N6O3. The summed E-state index contributed by atoms with van der Waals surface area (Å²) in [4.78, 5) is 8.25. The van der Waals surface area contributed by atoms with Gasteiger partial charge in [0.05, 0.1) is 0 Å². The van der Waals surface area contributed by atoms with Crippen molar-refractivity contribution in [1.82, 2.24) is 25.3 Å². The zero-order valence-corrected chi connectivity index (χ0v) is 10.4. The summed E-state index contributed by atoms with van der Waals surface area (Å²) in [5.41, 5.74) is 4.87. The molecule has 0 bridgehead atoms. The molecule has 1 aliphatic heterocycles. The third kappa shape index (κ3) is 2.06. The van der Waals surface area contributed by atoms with Crippen LogP contribution in [0.3, 0.4) is 0 Å². The van der Waals surface area contributed by atoms with Gasteiger partial charge in [0.15, 0.2) is 0 Å². The predicted molar refractivity (Wildman–Crippen MR) is 62.8 cm³/mol. The summed E-state index contributed by atoms with van der Waals surface area (Å²) in [5, 5.41) is 10.3. The smallest absolute Gasteiger partial charge is 0.295 e. The number of hydrogen-bond donors (Lipinski definition) is 2. The van der Waals surface area contributed by atoms with Crippen molar-refractivity contribution in [3.05, 3.63) is 5.82 Å². The van der Waals surface area contributed by atoms with E-state index in [0.29, 0.717) is 37.7 Å². The van der Waals surface area contributed by atoms with Crippen molar-refractivity contribution in [2.24, 2.45) is 0 Å². The average Bonchev–Trinajstić information content (AvgIpc) is 3.08. The first-order valence-corrected chi connectivity index (χ1v) is 5.89. The van der Waals surface area contributed by atoms with Crippen LogP contribution in [0.4, 0.5) is 5.95 Å². The fraction of sp³-hybridized carbons (Fsp3) is 0.600. The summed E-state index contributed by atoms with van der Waals surface area (Å²) in [5.74, 6) is 1.20. The lowest BCUT2D eigenvalue weighted by molar-refractivity contribution is -0.101. The molecule has 19 heavy (non-hydrogen) atoms. The van der Waals surface area contributed by atoms with Crippen molar-refractivity contribution in [1.29, 1.82) is 0 Å². The van der Waals surface area contributed by atoms with Gasteiger partial charge < -0.3 is 19.7 Å². The molecule has 0 radical (unpaired) electrons. The van der Waals surface area contributed by atoms with Crippen LogP contribution in [-0.4, -0.2) is 45.6 Å². The average molecular weight is 266 g/mol. The fourth-order valence-electron chi connectivity index (χ4n) is 2.10. The maximum Gasteiger partial charge on any atom is 0.295 e. The van der Waals surface area contributed by atoms with Crippen molar-refractivity contribution in [2.45, 2.75) is 18.4 Å². The van der Waals surface area contributed by atoms with Crippen molar-refractivity contribution in [2.75, 3.05) is 26.1 Å². The zero-order valence-electron chi connectivity index (χ0n) is 10.4. The van der Waals surface area contributed by atoms with Gasteiger partial charge in [-0.15, -0.1) is 5.10 Å². The molecule has 9 heteroatoms. The first-order chi connectivity index (χ1) is 9.23. The molecule has 3 N–H and O–H groups in total. The Morgan fingerprint density at radius 2 is 2.11 bits per heavy atom. The van der Waals surface area contributed by atoms with Gasteiger partial charge in [0.2, 0.25) is 17.6 Å². The minimum Gasteiger partial charge on any atom is -0.381 e. The van der Waals surface area contributed by atoms with Gasteiger partial charge in [0, 0.05) is 33.2 Å². The molecule has 0 saturated carbocycles. The van der Waals surface area contributed by atoms with Crippen molar-refractivity contribution in [3.63, 3.8) is 0 Å². The van der Waals surface area contributed by atoms with Crippen molar-refractivity contribution in [3.8, 4) is 11.7 Å². The molecule has 2 aromatic rings. The largest absolute Gasteiger partial charge is 0.381 e. The second kappa shape index (κ2) is 4.59. The number of nitrogen functional groups attached to an aromatic ring is 1. The Morgan fingerprint density at radius 3 is 2.74 bits per heavy atom. The number of nitrogens with zero attached hydrogens (tertiary/aromatic N) is 4. The maximum absolute atomic E-state index is 5.58. The minimum atomic E-state index is -0.564. The first-order valence-electron chi connectivity index (χ1n) is 5.89. The predicted octanol–water partition coefficient (Wildman–Crippen LogP) is 0.0890. The molecule has 3 rings (SSSR count). The third-order valence-electron chi connectivity index (χ3n) is 3.23. The summed E-state index contributed by atoms with van der Waals surface area (Å²) in [6.45, 7) is 1.21. The Kier molecular flexibility index (Phi) is 2.91. The van der Waals surface area contributed by atoms with Gasteiger partial charge in [-0.3, -0.25) is 5.10 Å². The second-order valence-electron chi connectivity index (χ2n) is 4.28. The minimum absolute atomic E-state index is 0.127. The summed E-state index contributed by atoms with van der Waals surface area (Å²) >= 11 is 0. The summed E-state index contributed by atoms with van der Waals surface area (Å²) < 4.78 is 16.1. The van der Waals surface area contributed by atoms with Crippen LogP contribution in [0.25, 0.3) is 11.7 Å². The summed E-state index contributed by atoms with van der Waals surface area (Å²) in [6.07, 6.45) is 1.36. The molecule has 1 fully saturated rings. The molecule has 0 amide bonds. The first kappa shape index (κ1) is 12.1. The standard InChI is InChI=1S/C10H14N6O3/c1-17-10(2-4-18-5-3-10)8-13-7(19-16-8)6-12-9(11)15-14-6/h2-5H2,1H3,(H3,11,12,14,15). The Bertz CT molecular complexity index is 559. The number of ether oxygens (including phenoxy) is 2. The molecule has 0 aromatic carbocycles.